The molecule has 0 unspecified atom stereocenters. The Labute approximate surface area is 181 Å². The molecule has 9 nitrogen and oxygen atoms in total. The van der Waals surface area contributed by atoms with Crippen molar-refractivity contribution in [3.8, 4) is 0 Å². The number of amides is 1. The molecule has 2 aromatic rings. The maximum absolute atomic E-state index is 12.8. The smallest absolute Gasteiger partial charge is 0.252 e. The summed E-state index contributed by atoms with van der Waals surface area (Å²) in [5.74, 6) is 1.06. The SMILES string of the molecule is CC(=O)N1CCc2cc(S(=O)(=O)NCc3cc(=O)[nH]c(N4CCC(C)CC4)n3)ccc21. The molecule has 0 spiro atoms. The fourth-order valence-electron chi connectivity index (χ4n) is 4.08. The van der Waals surface area contributed by atoms with Crippen molar-refractivity contribution in [2.75, 3.05) is 29.4 Å². The minimum atomic E-state index is -3.79. The Morgan fingerprint density at radius 2 is 1.97 bits per heavy atom. The first-order valence-electron chi connectivity index (χ1n) is 10.5. The van der Waals surface area contributed by atoms with E-state index >= 15 is 0 Å². The maximum Gasteiger partial charge on any atom is 0.252 e. The average Bonchev–Trinajstić information content (AvgIpc) is 3.16. The van der Waals surface area contributed by atoms with Crippen LogP contribution in [0.4, 0.5) is 11.6 Å². The first-order valence-corrected chi connectivity index (χ1v) is 12.0. The molecule has 0 radical (unpaired) electrons. The fraction of sp³-hybridized carbons (Fsp3) is 0.476. The van der Waals surface area contributed by atoms with Gasteiger partial charge in [0.25, 0.3) is 5.56 Å². The second kappa shape index (κ2) is 8.43. The van der Waals surface area contributed by atoms with Crippen molar-refractivity contribution in [2.24, 2.45) is 5.92 Å². The Balaban J connectivity index is 1.49. The Kier molecular flexibility index (Phi) is 5.85. The van der Waals surface area contributed by atoms with Gasteiger partial charge in [-0.05, 0) is 48.9 Å². The molecule has 2 aliphatic rings. The number of hydrogen-bond acceptors (Lipinski definition) is 6. The van der Waals surface area contributed by atoms with Crippen LogP contribution in [0.25, 0.3) is 0 Å². The summed E-state index contributed by atoms with van der Waals surface area (Å²) in [5, 5.41) is 0. The van der Waals surface area contributed by atoms with Gasteiger partial charge in [-0.3, -0.25) is 14.6 Å². The third-order valence-corrected chi connectivity index (χ3v) is 7.34. The molecule has 3 heterocycles. The van der Waals surface area contributed by atoms with E-state index in [1.807, 2.05) is 4.90 Å². The van der Waals surface area contributed by atoms with E-state index in [0.29, 0.717) is 30.5 Å². The summed E-state index contributed by atoms with van der Waals surface area (Å²) in [7, 11) is -3.79. The van der Waals surface area contributed by atoms with Gasteiger partial charge in [0.1, 0.15) is 0 Å². The Morgan fingerprint density at radius 3 is 2.68 bits per heavy atom. The molecule has 0 atom stereocenters. The molecule has 0 aliphatic carbocycles. The van der Waals surface area contributed by atoms with E-state index in [4.69, 9.17) is 0 Å². The Bertz CT molecular complexity index is 1150. The molecule has 31 heavy (non-hydrogen) atoms. The summed E-state index contributed by atoms with van der Waals surface area (Å²) in [5.41, 5.74) is 1.64. The number of carbonyl (C=O) groups excluding carboxylic acids is 1. The minimum Gasteiger partial charge on any atom is -0.342 e. The number of H-pyrrole nitrogens is 1. The summed E-state index contributed by atoms with van der Waals surface area (Å²) in [6, 6.07) is 6.07. The first-order chi connectivity index (χ1) is 14.7. The molecule has 166 valence electrons. The van der Waals surface area contributed by atoms with Crippen LogP contribution in [0.15, 0.2) is 34.0 Å². The second-order valence-corrected chi connectivity index (χ2v) is 10.0. The third kappa shape index (κ3) is 4.64. The van der Waals surface area contributed by atoms with Gasteiger partial charge in [0, 0.05) is 38.3 Å². The second-order valence-electron chi connectivity index (χ2n) is 8.27. The Morgan fingerprint density at radius 1 is 1.23 bits per heavy atom. The predicted octanol–water partition coefficient (Wildman–Crippen LogP) is 1.39. The van der Waals surface area contributed by atoms with E-state index in [9.17, 15) is 18.0 Å². The van der Waals surface area contributed by atoms with Gasteiger partial charge in [-0.15, -0.1) is 0 Å². The molecule has 0 bridgehead atoms. The number of aromatic amines is 1. The number of piperidine rings is 1. The summed E-state index contributed by atoms with van der Waals surface area (Å²) in [4.78, 5) is 34.8. The van der Waals surface area contributed by atoms with Gasteiger partial charge in [-0.25, -0.2) is 18.1 Å². The highest BCUT2D eigenvalue weighted by Gasteiger charge is 2.25. The van der Waals surface area contributed by atoms with Crippen molar-refractivity contribution in [1.82, 2.24) is 14.7 Å². The van der Waals surface area contributed by atoms with Crippen molar-refractivity contribution in [3.63, 3.8) is 0 Å². The number of fused-ring (bicyclic) bond motifs is 1. The number of aromatic nitrogens is 2. The normalized spacial score (nSPS) is 17.1. The monoisotopic (exact) mass is 445 g/mol. The average molecular weight is 446 g/mol. The maximum atomic E-state index is 12.8. The van der Waals surface area contributed by atoms with Crippen LogP contribution >= 0.6 is 0 Å². The van der Waals surface area contributed by atoms with Gasteiger partial charge in [-0.1, -0.05) is 6.92 Å². The number of rotatable bonds is 5. The summed E-state index contributed by atoms with van der Waals surface area (Å²) >= 11 is 0. The highest BCUT2D eigenvalue weighted by Crippen LogP contribution is 2.30. The minimum absolute atomic E-state index is 0.0631. The van der Waals surface area contributed by atoms with E-state index in [1.165, 1.54) is 19.1 Å². The molecule has 1 fully saturated rings. The molecule has 2 aliphatic heterocycles. The van der Waals surface area contributed by atoms with Crippen LogP contribution in [0, 0.1) is 5.92 Å². The van der Waals surface area contributed by atoms with E-state index in [-0.39, 0.29) is 22.9 Å². The van der Waals surface area contributed by atoms with Crippen LogP contribution in [0.2, 0.25) is 0 Å². The zero-order valence-electron chi connectivity index (χ0n) is 17.7. The predicted molar refractivity (Wildman–Crippen MR) is 118 cm³/mol. The number of benzene rings is 1. The molecule has 1 saturated heterocycles. The van der Waals surface area contributed by atoms with E-state index in [0.717, 1.165) is 37.2 Å². The molecule has 4 rings (SSSR count). The van der Waals surface area contributed by atoms with E-state index in [2.05, 4.69) is 21.6 Å². The van der Waals surface area contributed by atoms with Gasteiger partial charge in [0.2, 0.25) is 21.9 Å². The molecule has 1 aromatic heterocycles. The highest BCUT2D eigenvalue weighted by molar-refractivity contribution is 7.89. The highest BCUT2D eigenvalue weighted by atomic mass is 32.2. The van der Waals surface area contributed by atoms with Crippen molar-refractivity contribution in [3.05, 3.63) is 45.9 Å². The molecular formula is C21H27N5O4S. The molecule has 1 amide bonds. The number of anilines is 2. The number of sulfonamides is 1. The molecule has 2 N–H and O–H groups in total. The standard InChI is InChI=1S/C21H27N5O4S/c1-14-5-8-25(9-6-14)21-23-17(12-20(28)24-21)13-22-31(29,30)18-3-4-19-16(11-18)7-10-26(19)15(2)27/h3-4,11-12,14,22H,5-10,13H2,1-2H3,(H,23,24,28). The van der Waals surface area contributed by atoms with Crippen molar-refractivity contribution < 1.29 is 13.2 Å². The number of hydrogen-bond donors (Lipinski definition) is 2. The lowest BCUT2D eigenvalue weighted by Gasteiger charge is -2.30. The van der Waals surface area contributed by atoms with E-state index < -0.39 is 10.0 Å². The van der Waals surface area contributed by atoms with Crippen LogP contribution in [0.3, 0.4) is 0 Å². The van der Waals surface area contributed by atoms with Crippen LogP contribution in [0.5, 0.6) is 0 Å². The molecule has 0 saturated carbocycles. The zero-order chi connectivity index (χ0) is 22.2. The lowest BCUT2D eigenvalue weighted by Crippen LogP contribution is -2.35. The van der Waals surface area contributed by atoms with Gasteiger partial charge in [-0.2, -0.15) is 0 Å². The Hall–Kier alpha value is -2.72. The fourth-order valence-corrected chi connectivity index (χ4v) is 5.13. The molecule has 10 heteroatoms. The molecule has 1 aromatic carbocycles. The van der Waals surface area contributed by atoms with Crippen LogP contribution in [-0.2, 0) is 27.8 Å². The van der Waals surface area contributed by atoms with Crippen molar-refractivity contribution in [2.45, 2.75) is 44.6 Å². The first kappa shape index (κ1) is 21.5. The lowest BCUT2D eigenvalue weighted by molar-refractivity contribution is -0.116. The number of nitrogens with one attached hydrogen (secondary N) is 2. The van der Waals surface area contributed by atoms with Gasteiger partial charge in [0.15, 0.2) is 0 Å². The van der Waals surface area contributed by atoms with Crippen LogP contribution in [-0.4, -0.2) is 43.9 Å². The quantitative estimate of drug-likeness (QED) is 0.719. The number of nitrogens with zero attached hydrogens (tertiary/aromatic N) is 3. The van der Waals surface area contributed by atoms with Gasteiger partial charge in [0.05, 0.1) is 17.1 Å². The van der Waals surface area contributed by atoms with Gasteiger partial charge < -0.3 is 9.80 Å². The zero-order valence-corrected chi connectivity index (χ0v) is 18.5. The van der Waals surface area contributed by atoms with Crippen LogP contribution < -0.4 is 20.1 Å². The van der Waals surface area contributed by atoms with Crippen molar-refractivity contribution in [1.29, 1.82) is 0 Å². The molecular weight excluding hydrogens is 418 g/mol. The van der Waals surface area contributed by atoms with Crippen molar-refractivity contribution >= 4 is 27.6 Å². The topological polar surface area (TPSA) is 115 Å². The third-order valence-electron chi connectivity index (χ3n) is 5.95. The summed E-state index contributed by atoms with van der Waals surface area (Å²) < 4.78 is 28.2. The number of carbonyl (C=O) groups is 1. The lowest BCUT2D eigenvalue weighted by atomic mass is 10.00. The summed E-state index contributed by atoms with van der Waals surface area (Å²) in [6.07, 6.45) is 2.67. The summed E-state index contributed by atoms with van der Waals surface area (Å²) in [6.45, 7) is 5.79. The largest absolute Gasteiger partial charge is 0.342 e. The van der Waals surface area contributed by atoms with Gasteiger partial charge >= 0.3 is 0 Å². The van der Waals surface area contributed by atoms with E-state index in [1.54, 1.807) is 17.0 Å². The van der Waals surface area contributed by atoms with Crippen LogP contribution in [0.1, 0.15) is 37.9 Å².